The normalized spacial score (nSPS) is 28.1. The average molecular weight is 302 g/mol. The highest BCUT2D eigenvalue weighted by Gasteiger charge is 2.38. The highest BCUT2D eigenvalue weighted by atomic mass is 79.9. The standard InChI is InChI=1S/C15H28BrN/c1-14(2)9-5-13(6-10-14)17(3)12-15(11-16)7-4-8-15/h13H,4-12H2,1-3H3. The summed E-state index contributed by atoms with van der Waals surface area (Å²) in [4.78, 5) is 2.66. The molecule has 0 unspecified atom stereocenters. The molecule has 0 heterocycles. The highest BCUT2D eigenvalue weighted by Crippen LogP contribution is 2.44. The van der Waals surface area contributed by atoms with E-state index in [0.717, 1.165) is 6.04 Å². The van der Waals surface area contributed by atoms with E-state index in [1.807, 2.05) is 0 Å². The fourth-order valence-corrected chi connectivity index (χ4v) is 4.23. The van der Waals surface area contributed by atoms with Crippen LogP contribution in [-0.2, 0) is 0 Å². The van der Waals surface area contributed by atoms with E-state index in [2.05, 4.69) is 41.7 Å². The Labute approximate surface area is 115 Å². The molecule has 1 nitrogen and oxygen atoms in total. The molecule has 0 aliphatic heterocycles. The van der Waals surface area contributed by atoms with Gasteiger partial charge < -0.3 is 4.90 Å². The van der Waals surface area contributed by atoms with Crippen molar-refractivity contribution in [1.82, 2.24) is 4.90 Å². The van der Waals surface area contributed by atoms with E-state index in [0.29, 0.717) is 10.8 Å². The Bertz CT molecular complexity index is 242. The van der Waals surface area contributed by atoms with Crippen molar-refractivity contribution in [3.63, 3.8) is 0 Å². The van der Waals surface area contributed by atoms with E-state index < -0.39 is 0 Å². The van der Waals surface area contributed by atoms with Crippen molar-refractivity contribution in [2.75, 3.05) is 18.9 Å². The van der Waals surface area contributed by atoms with E-state index in [4.69, 9.17) is 0 Å². The van der Waals surface area contributed by atoms with Crippen LogP contribution in [0.15, 0.2) is 0 Å². The maximum atomic E-state index is 3.73. The molecule has 0 aromatic heterocycles. The first-order valence-electron chi connectivity index (χ1n) is 7.23. The topological polar surface area (TPSA) is 3.24 Å². The molecule has 17 heavy (non-hydrogen) atoms. The van der Waals surface area contributed by atoms with Gasteiger partial charge in [0.05, 0.1) is 0 Å². The van der Waals surface area contributed by atoms with Crippen molar-refractivity contribution in [1.29, 1.82) is 0 Å². The third-order valence-corrected chi connectivity index (χ3v) is 6.40. The molecule has 0 aromatic rings. The van der Waals surface area contributed by atoms with E-state index in [9.17, 15) is 0 Å². The van der Waals surface area contributed by atoms with Crippen LogP contribution in [0.1, 0.15) is 58.8 Å². The Kier molecular flexibility index (Phi) is 4.24. The van der Waals surface area contributed by atoms with E-state index in [1.165, 1.54) is 56.8 Å². The minimum atomic E-state index is 0.598. The molecule has 0 spiro atoms. The summed E-state index contributed by atoms with van der Waals surface area (Å²) in [5.74, 6) is 0. The minimum absolute atomic E-state index is 0.598. The predicted octanol–water partition coefficient (Wildman–Crippen LogP) is 4.45. The van der Waals surface area contributed by atoms with Gasteiger partial charge in [-0.25, -0.2) is 0 Å². The summed E-state index contributed by atoms with van der Waals surface area (Å²) in [7, 11) is 2.35. The fourth-order valence-electron chi connectivity index (χ4n) is 3.49. The summed E-state index contributed by atoms with van der Waals surface area (Å²) in [6, 6.07) is 0.847. The second-order valence-corrected chi connectivity index (χ2v) is 7.86. The smallest absolute Gasteiger partial charge is 0.0100 e. The quantitative estimate of drug-likeness (QED) is 0.693. The molecular weight excluding hydrogens is 274 g/mol. The van der Waals surface area contributed by atoms with Gasteiger partial charge >= 0.3 is 0 Å². The van der Waals surface area contributed by atoms with Gasteiger partial charge in [-0.1, -0.05) is 36.2 Å². The summed E-state index contributed by atoms with van der Waals surface area (Å²) < 4.78 is 0. The molecule has 0 amide bonds. The second-order valence-electron chi connectivity index (χ2n) is 7.30. The monoisotopic (exact) mass is 301 g/mol. The first-order valence-corrected chi connectivity index (χ1v) is 8.35. The molecule has 0 radical (unpaired) electrons. The number of alkyl halides is 1. The second kappa shape index (κ2) is 5.21. The summed E-state index contributed by atoms with van der Waals surface area (Å²) in [5, 5.41) is 1.20. The van der Waals surface area contributed by atoms with Crippen LogP contribution in [0.25, 0.3) is 0 Å². The molecule has 2 aliphatic carbocycles. The maximum Gasteiger partial charge on any atom is 0.0100 e. The molecule has 100 valence electrons. The molecule has 0 N–H and O–H groups in total. The van der Waals surface area contributed by atoms with Crippen LogP contribution < -0.4 is 0 Å². The molecule has 0 atom stereocenters. The molecule has 0 bridgehead atoms. The maximum absolute atomic E-state index is 3.73. The fraction of sp³-hybridized carbons (Fsp3) is 1.00. The largest absolute Gasteiger partial charge is 0.303 e. The van der Waals surface area contributed by atoms with Gasteiger partial charge in [-0.15, -0.1) is 0 Å². The minimum Gasteiger partial charge on any atom is -0.303 e. The Morgan fingerprint density at radius 3 is 2.12 bits per heavy atom. The molecule has 2 saturated carbocycles. The molecule has 2 heteroatoms. The van der Waals surface area contributed by atoms with Crippen LogP contribution in [0.2, 0.25) is 0 Å². The lowest BCUT2D eigenvalue weighted by molar-refractivity contribution is 0.0544. The lowest BCUT2D eigenvalue weighted by Crippen LogP contribution is -2.47. The number of hydrogen-bond acceptors (Lipinski definition) is 1. The Morgan fingerprint density at radius 1 is 1.12 bits per heavy atom. The molecular formula is C15H28BrN. The van der Waals surface area contributed by atoms with Crippen molar-refractivity contribution < 1.29 is 0 Å². The first-order chi connectivity index (χ1) is 7.96. The SMILES string of the molecule is CN(CC1(CBr)CCC1)C1CCC(C)(C)CC1. The van der Waals surface area contributed by atoms with E-state index in [-0.39, 0.29) is 0 Å². The summed E-state index contributed by atoms with van der Waals surface area (Å²) in [6.07, 6.45) is 9.93. The van der Waals surface area contributed by atoms with Crippen molar-refractivity contribution >= 4 is 15.9 Å². The summed E-state index contributed by atoms with van der Waals surface area (Å²) in [5.41, 5.74) is 1.21. The number of rotatable bonds is 4. The zero-order chi connectivity index (χ0) is 12.5. The molecule has 2 rings (SSSR count). The average Bonchev–Trinajstić information content (AvgIpc) is 2.23. The van der Waals surface area contributed by atoms with Crippen LogP contribution in [0.5, 0.6) is 0 Å². The van der Waals surface area contributed by atoms with Gasteiger partial charge in [0.15, 0.2) is 0 Å². The number of nitrogens with zero attached hydrogens (tertiary/aromatic N) is 1. The van der Waals surface area contributed by atoms with Gasteiger partial charge in [0.25, 0.3) is 0 Å². The predicted molar refractivity (Wildman–Crippen MR) is 78.7 cm³/mol. The summed E-state index contributed by atoms with van der Waals surface area (Å²) >= 11 is 3.73. The van der Waals surface area contributed by atoms with Crippen molar-refractivity contribution in [2.45, 2.75) is 64.8 Å². The molecule has 0 aromatic carbocycles. The third-order valence-electron chi connectivity index (χ3n) is 5.21. The zero-order valence-electron chi connectivity index (χ0n) is 11.8. The van der Waals surface area contributed by atoms with Crippen molar-refractivity contribution in [3.8, 4) is 0 Å². The van der Waals surface area contributed by atoms with Crippen LogP contribution in [0.4, 0.5) is 0 Å². The van der Waals surface area contributed by atoms with Crippen LogP contribution in [0, 0.1) is 10.8 Å². The van der Waals surface area contributed by atoms with E-state index in [1.54, 1.807) is 0 Å². The lowest BCUT2D eigenvalue weighted by atomic mass is 9.69. The highest BCUT2D eigenvalue weighted by molar-refractivity contribution is 9.09. The van der Waals surface area contributed by atoms with E-state index >= 15 is 0 Å². The van der Waals surface area contributed by atoms with Crippen molar-refractivity contribution in [3.05, 3.63) is 0 Å². The Balaban J connectivity index is 1.82. The zero-order valence-corrected chi connectivity index (χ0v) is 13.4. The van der Waals surface area contributed by atoms with Gasteiger partial charge in [-0.05, 0) is 56.4 Å². The molecule has 0 saturated heterocycles. The Morgan fingerprint density at radius 2 is 1.71 bits per heavy atom. The molecule has 2 fully saturated rings. The Hall–Kier alpha value is 0.440. The van der Waals surface area contributed by atoms with Gasteiger partial charge in [-0.2, -0.15) is 0 Å². The third kappa shape index (κ3) is 3.26. The van der Waals surface area contributed by atoms with Crippen molar-refractivity contribution in [2.24, 2.45) is 10.8 Å². The summed E-state index contributed by atoms with van der Waals surface area (Å²) in [6.45, 7) is 6.16. The van der Waals surface area contributed by atoms with Gasteiger partial charge in [0.2, 0.25) is 0 Å². The van der Waals surface area contributed by atoms with Gasteiger partial charge in [-0.3, -0.25) is 0 Å². The first kappa shape index (κ1) is 13.9. The number of hydrogen-bond donors (Lipinski definition) is 0. The van der Waals surface area contributed by atoms with Gasteiger partial charge in [0, 0.05) is 17.9 Å². The van der Waals surface area contributed by atoms with Gasteiger partial charge in [0.1, 0.15) is 0 Å². The number of halogens is 1. The lowest BCUT2D eigenvalue weighted by Gasteiger charge is -2.47. The molecule has 2 aliphatic rings. The van der Waals surface area contributed by atoms with Crippen LogP contribution in [-0.4, -0.2) is 29.9 Å². The van der Waals surface area contributed by atoms with Crippen LogP contribution in [0.3, 0.4) is 0 Å². The van der Waals surface area contributed by atoms with Crippen LogP contribution >= 0.6 is 15.9 Å².